The lowest BCUT2D eigenvalue weighted by Crippen LogP contribution is -2.34. The molecule has 1 N–H and O–H groups in total. The van der Waals surface area contributed by atoms with E-state index < -0.39 is 0 Å². The maximum Gasteiger partial charge on any atom is 0.287 e. The van der Waals surface area contributed by atoms with Gasteiger partial charge >= 0.3 is 0 Å². The Hall–Kier alpha value is -2.07. The summed E-state index contributed by atoms with van der Waals surface area (Å²) in [5.74, 6) is 0.151. The molecule has 0 spiro atoms. The van der Waals surface area contributed by atoms with Gasteiger partial charge in [-0.25, -0.2) is 0 Å². The lowest BCUT2D eigenvalue weighted by Gasteiger charge is -2.24. The van der Waals surface area contributed by atoms with Crippen molar-refractivity contribution in [3.8, 4) is 0 Å². The van der Waals surface area contributed by atoms with Gasteiger partial charge in [0.15, 0.2) is 5.76 Å². The molecule has 0 fully saturated rings. The molecular weight excluding hydrogens is 240 g/mol. The summed E-state index contributed by atoms with van der Waals surface area (Å²) in [7, 11) is 3.99. The second-order valence-corrected chi connectivity index (χ2v) is 4.58. The first-order chi connectivity index (χ1) is 9.18. The number of carbonyl (C=O) groups is 1. The van der Waals surface area contributed by atoms with E-state index in [2.05, 4.69) is 22.3 Å². The number of likely N-dealkylation sites (N-methyl/N-ethyl adjacent to an activating group) is 1. The Morgan fingerprint density at radius 2 is 1.95 bits per heavy atom. The van der Waals surface area contributed by atoms with E-state index in [4.69, 9.17) is 4.42 Å². The molecule has 1 atom stereocenters. The number of carbonyl (C=O) groups excluding carboxylic acids is 1. The second kappa shape index (κ2) is 6.20. The molecule has 4 heteroatoms. The second-order valence-electron chi connectivity index (χ2n) is 4.58. The Bertz CT molecular complexity index is 506. The van der Waals surface area contributed by atoms with Crippen LogP contribution in [0.3, 0.4) is 0 Å². The Labute approximate surface area is 113 Å². The molecule has 4 nitrogen and oxygen atoms in total. The summed E-state index contributed by atoms with van der Waals surface area (Å²) in [6.07, 6.45) is 1.50. The van der Waals surface area contributed by atoms with Crippen molar-refractivity contribution in [3.05, 3.63) is 60.1 Å². The third-order valence-electron chi connectivity index (χ3n) is 3.01. The summed E-state index contributed by atoms with van der Waals surface area (Å²) in [5.41, 5.74) is 1.17. The van der Waals surface area contributed by atoms with Crippen LogP contribution in [0.2, 0.25) is 0 Å². The van der Waals surface area contributed by atoms with Gasteiger partial charge in [0.05, 0.1) is 12.3 Å². The Morgan fingerprint density at radius 1 is 1.21 bits per heavy atom. The number of benzene rings is 1. The van der Waals surface area contributed by atoms with Gasteiger partial charge in [0.2, 0.25) is 0 Å². The molecule has 0 aliphatic heterocycles. The summed E-state index contributed by atoms with van der Waals surface area (Å²) in [5, 5.41) is 2.89. The predicted octanol–water partition coefficient (Wildman–Crippen LogP) is 2.31. The fourth-order valence-corrected chi connectivity index (χ4v) is 1.96. The maximum atomic E-state index is 11.8. The van der Waals surface area contributed by atoms with Gasteiger partial charge in [-0.3, -0.25) is 4.79 Å². The molecule has 1 aromatic carbocycles. The molecule has 19 heavy (non-hydrogen) atoms. The number of nitrogens with one attached hydrogen (secondary N) is 1. The standard InChI is InChI=1S/C15H18N2O2/c1-17(2)13(12-7-4-3-5-8-12)11-16-15(18)14-9-6-10-19-14/h3-10,13H,11H2,1-2H3,(H,16,18). The molecule has 0 saturated heterocycles. The van der Waals surface area contributed by atoms with Crippen LogP contribution in [-0.2, 0) is 0 Å². The highest BCUT2D eigenvalue weighted by Gasteiger charge is 2.16. The van der Waals surface area contributed by atoms with Crippen LogP contribution in [0.25, 0.3) is 0 Å². The third kappa shape index (κ3) is 3.45. The SMILES string of the molecule is CN(C)C(CNC(=O)c1ccco1)c1ccccc1. The average molecular weight is 258 g/mol. The minimum atomic E-state index is -0.187. The normalized spacial score (nSPS) is 12.4. The molecule has 0 bridgehead atoms. The predicted molar refractivity (Wildman–Crippen MR) is 73.9 cm³/mol. The molecule has 100 valence electrons. The van der Waals surface area contributed by atoms with Gasteiger partial charge in [-0.15, -0.1) is 0 Å². The first kappa shape index (κ1) is 13.4. The van der Waals surface area contributed by atoms with Crippen LogP contribution in [-0.4, -0.2) is 31.4 Å². The fourth-order valence-electron chi connectivity index (χ4n) is 1.96. The molecule has 1 amide bonds. The Morgan fingerprint density at radius 3 is 2.53 bits per heavy atom. The highest BCUT2D eigenvalue weighted by Crippen LogP contribution is 2.16. The Kier molecular flexibility index (Phi) is 4.36. The van der Waals surface area contributed by atoms with Gasteiger partial charge in [-0.1, -0.05) is 30.3 Å². The zero-order valence-electron chi connectivity index (χ0n) is 11.2. The van der Waals surface area contributed by atoms with Crippen molar-refractivity contribution in [1.82, 2.24) is 10.2 Å². The van der Waals surface area contributed by atoms with Crippen LogP contribution in [0.5, 0.6) is 0 Å². The van der Waals surface area contributed by atoms with Crippen LogP contribution < -0.4 is 5.32 Å². The monoisotopic (exact) mass is 258 g/mol. The maximum absolute atomic E-state index is 11.8. The van der Waals surface area contributed by atoms with Gasteiger partial charge < -0.3 is 14.6 Å². The van der Waals surface area contributed by atoms with Crippen LogP contribution in [0.15, 0.2) is 53.1 Å². The first-order valence-corrected chi connectivity index (χ1v) is 6.21. The molecule has 0 aliphatic rings. The van der Waals surface area contributed by atoms with Crippen LogP contribution in [0.4, 0.5) is 0 Å². The van der Waals surface area contributed by atoms with Crippen molar-refractivity contribution < 1.29 is 9.21 Å². The summed E-state index contributed by atoms with van der Waals surface area (Å²) in [6, 6.07) is 13.6. The van der Waals surface area contributed by atoms with E-state index in [1.807, 2.05) is 32.3 Å². The highest BCUT2D eigenvalue weighted by molar-refractivity contribution is 5.91. The summed E-state index contributed by atoms with van der Waals surface area (Å²) in [6.45, 7) is 0.538. The van der Waals surface area contributed by atoms with E-state index >= 15 is 0 Å². The summed E-state index contributed by atoms with van der Waals surface area (Å²) < 4.78 is 5.07. The number of amides is 1. The topological polar surface area (TPSA) is 45.5 Å². The molecule has 0 aliphatic carbocycles. The van der Waals surface area contributed by atoms with E-state index in [0.29, 0.717) is 12.3 Å². The van der Waals surface area contributed by atoms with Crippen molar-refractivity contribution in [1.29, 1.82) is 0 Å². The molecule has 0 radical (unpaired) electrons. The van der Waals surface area contributed by atoms with Gasteiger partial charge in [0.25, 0.3) is 5.91 Å². The molecule has 2 aromatic rings. The minimum Gasteiger partial charge on any atom is -0.459 e. The highest BCUT2D eigenvalue weighted by atomic mass is 16.3. The average Bonchev–Trinajstić information content (AvgIpc) is 2.93. The van der Waals surface area contributed by atoms with E-state index in [1.165, 1.54) is 11.8 Å². The largest absolute Gasteiger partial charge is 0.459 e. The first-order valence-electron chi connectivity index (χ1n) is 6.21. The molecule has 2 rings (SSSR count). The number of furan rings is 1. The van der Waals surface area contributed by atoms with E-state index in [0.717, 1.165) is 0 Å². The summed E-state index contributed by atoms with van der Waals surface area (Å²) >= 11 is 0. The van der Waals surface area contributed by atoms with Crippen molar-refractivity contribution in [2.45, 2.75) is 6.04 Å². The molecule has 1 unspecified atom stereocenters. The van der Waals surface area contributed by atoms with E-state index in [1.54, 1.807) is 12.1 Å². The van der Waals surface area contributed by atoms with Crippen LogP contribution >= 0.6 is 0 Å². The van der Waals surface area contributed by atoms with E-state index in [9.17, 15) is 4.79 Å². The fraction of sp³-hybridized carbons (Fsp3) is 0.267. The van der Waals surface area contributed by atoms with Crippen molar-refractivity contribution in [3.63, 3.8) is 0 Å². The zero-order chi connectivity index (χ0) is 13.7. The van der Waals surface area contributed by atoms with Crippen molar-refractivity contribution in [2.24, 2.45) is 0 Å². The number of nitrogens with zero attached hydrogens (tertiary/aromatic N) is 1. The quantitative estimate of drug-likeness (QED) is 0.895. The number of hydrogen-bond donors (Lipinski definition) is 1. The summed E-state index contributed by atoms with van der Waals surface area (Å²) in [4.78, 5) is 13.9. The number of rotatable bonds is 5. The van der Waals surface area contributed by atoms with Gasteiger partial charge in [0, 0.05) is 6.54 Å². The van der Waals surface area contributed by atoms with E-state index in [-0.39, 0.29) is 11.9 Å². The molecular formula is C15H18N2O2. The van der Waals surface area contributed by atoms with Gasteiger partial charge in [0.1, 0.15) is 0 Å². The smallest absolute Gasteiger partial charge is 0.287 e. The Balaban J connectivity index is 2.01. The van der Waals surface area contributed by atoms with Gasteiger partial charge in [-0.2, -0.15) is 0 Å². The van der Waals surface area contributed by atoms with Crippen molar-refractivity contribution >= 4 is 5.91 Å². The minimum absolute atomic E-state index is 0.139. The molecule has 1 aromatic heterocycles. The third-order valence-corrected chi connectivity index (χ3v) is 3.01. The molecule has 1 heterocycles. The number of hydrogen-bond acceptors (Lipinski definition) is 3. The van der Waals surface area contributed by atoms with Crippen molar-refractivity contribution in [2.75, 3.05) is 20.6 Å². The lowest BCUT2D eigenvalue weighted by atomic mass is 10.1. The molecule has 0 saturated carbocycles. The zero-order valence-corrected chi connectivity index (χ0v) is 11.2. The van der Waals surface area contributed by atoms with Crippen LogP contribution in [0.1, 0.15) is 22.2 Å². The van der Waals surface area contributed by atoms with Crippen LogP contribution in [0, 0.1) is 0 Å². The lowest BCUT2D eigenvalue weighted by molar-refractivity contribution is 0.0914. The van der Waals surface area contributed by atoms with Gasteiger partial charge in [-0.05, 0) is 31.8 Å².